The molecule has 1 unspecified atom stereocenters. The Bertz CT molecular complexity index is 406. The lowest BCUT2D eigenvalue weighted by Gasteiger charge is -2.39. The van der Waals surface area contributed by atoms with Crippen molar-refractivity contribution >= 4 is 12.0 Å². The zero-order valence-electron chi connectivity index (χ0n) is 11.6. The molecule has 8 heteroatoms. The molecule has 2 heterocycles. The van der Waals surface area contributed by atoms with E-state index in [-0.39, 0.29) is 25.9 Å². The highest BCUT2D eigenvalue weighted by atomic mass is 19.4. The summed E-state index contributed by atoms with van der Waals surface area (Å²) in [6, 6.07) is -1.30. The van der Waals surface area contributed by atoms with Crippen LogP contribution in [0.4, 0.5) is 18.0 Å². The summed E-state index contributed by atoms with van der Waals surface area (Å²) in [5, 5.41) is 9.14. The van der Waals surface area contributed by atoms with Gasteiger partial charge in [0, 0.05) is 19.6 Å². The predicted molar refractivity (Wildman–Crippen MR) is 67.7 cm³/mol. The highest BCUT2D eigenvalue weighted by molar-refractivity contribution is 5.83. The molecule has 2 rings (SSSR count). The van der Waals surface area contributed by atoms with Crippen molar-refractivity contribution in [3.8, 4) is 0 Å². The number of aliphatic carboxylic acids is 1. The van der Waals surface area contributed by atoms with E-state index in [1.54, 1.807) is 0 Å². The average molecular weight is 308 g/mol. The molecular formula is C13H19F3N2O3. The van der Waals surface area contributed by atoms with Crippen LogP contribution in [-0.4, -0.2) is 58.8 Å². The van der Waals surface area contributed by atoms with Crippen LogP contribution in [0.3, 0.4) is 0 Å². The first-order valence-electron chi connectivity index (χ1n) is 7.15. The zero-order chi connectivity index (χ0) is 15.6. The van der Waals surface area contributed by atoms with Crippen LogP contribution in [0.1, 0.15) is 32.1 Å². The molecular weight excluding hydrogens is 289 g/mol. The fraction of sp³-hybridized carbons (Fsp3) is 0.846. The molecule has 0 aromatic heterocycles. The summed E-state index contributed by atoms with van der Waals surface area (Å²) in [5.74, 6) is -2.41. The van der Waals surface area contributed by atoms with Crippen molar-refractivity contribution < 1.29 is 27.9 Å². The standard InChI is InChI=1S/C13H19F3N2O3/c14-13(15,16)9-4-7-17(8-5-9)12(21)18-6-2-1-3-10(18)11(19)20/h9-10H,1-8H2,(H,19,20). The van der Waals surface area contributed by atoms with Gasteiger partial charge in [-0.25, -0.2) is 9.59 Å². The van der Waals surface area contributed by atoms with Gasteiger partial charge in [0.1, 0.15) is 6.04 Å². The number of rotatable bonds is 1. The van der Waals surface area contributed by atoms with E-state index in [2.05, 4.69) is 0 Å². The largest absolute Gasteiger partial charge is 0.480 e. The molecule has 5 nitrogen and oxygen atoms in total. The Balaban J connectivity index is 1.96. The molecule has 1 atom stereocenters. The van der Waals surface area contributed by atoms with Gasteiger partial charge in [0.25, 0.3) is 0 Å². The third-order valence-electron chi connectivity index (χ3n) is 4.26. The fourth-order valence-electron chi connectivity index (χ4n) is 3.00. The van der Waals surface area contributed by atoms with Crippen LogP contribution in [0, 0.1) is 5.92 Å². The van der Waals surface area contributed by atoms with Crippen LogP contribution in [0.5, 0.6) is 0 Å². The quantitative estimate of drug-likeness (QED) is 0.808. The summed E-state index contributed by atoms with van der Waals surface area (Å²) in [4.78, 5) is 26.1. The van der Waals surface area contributed by atoms with Gasteiger partial charge in [0.05, 0.1) is 5.92 Å². The van der Waals surface area contributed by atoms with E-state index in [4.69, 9.17) is 5.11 Å². The maximum atomic E-state index is 12.6. The van der Waals surface area contributed by atoms with Crippen molar-refractivity contribution in [1.29, 1.82) is 0 Å². The van der Waals surface area contributed by atoms with Crippen LogP contribution in [-0.2, 0) is 4.79 Å². The zero-order valence-corrected chi connectivity index (χ0v) is 11.6. The maximum Gasteiger partial charge on any atom is 0.391 e. The number of piperidine rings is 2. The summed E-state index contributed by atoms with van der Waals surface area (Å²) in [5.41, 5.74) is 0. The van der Waals surface area contributed by atoms with Gasteiger partial charge in [-0.05, 0) is 32.1 Å². The number of likely N-dealkylation sites (tertiary alicyclic amines) is 2. The summed E-state index contributed by atoms with van der Waals surface area (Å²) >= 11 is 0. The number of alkyl halides is 3. The molecule has 120 valence electrons. The van der Waals surface area contributed by atoms with Crippen LogP contribution in [0.25, 0.3) is 0 Å². The molecule has 0 spiro atoms. The van der Waals surface area contributed by atoms with Crippen LogP contribution in [0.2, 0.25) is 0 Å². The lowest BCUT2D eigenvalue weighted by atomic mass is 9.96. The molecule has 0 bridgehead atoms. The minimum atomic E-state index is -4.22. The molecule has 0 aromatic carbocycles. The van der Waals surface area contributed by atoms with E-state index < -0.39 is 30.1 Å². The maximum absolute atomic E-state index is 12.6. The Morgan fingerprint density at radius 3 is 2.14 bits per heavy atom. The summed E-state index contributed by atoms with van der Waals surface area (Å²) in [6.07, 6.45) is -2.56. The van der Waals surface area contributed by atoms with Crippen molar-refractivity contribution in [2.45, 2.75) is 44.3 Å². The molecule has 0 aliphatic carbocycles. The van der Waals surface area contributed by atoms with E-state index in [1.165, 1.54) is 9.80 Å². The molecule has 2 aliphatic heterocycles. The molecule has 21 heavy (non-hydrogen) atoms. The number of halogens is 3. The van der Waals surface area contributed by atoms with Crippen molar-refractivity contribution in [3.05, 3.63) is 0 Å². The topological polar surface area (TPSA) is 60.9 Å². The summed E-state index contributed by atoms with van der Waals surface area (Å²) in [7, 11) is 0. The van der Waals surface area contributed by atoms with Crippen LogP contribution >= 0.6 is 0 Å². The van der Waals surface area contributed by atoms with Gasteiger partial charge in [-0.3, -0.25) is 0 Å². The molecule has 2 aliphatic rings. The lowest BCUT2D eigenvalue weighted by Crippen LogP contribution is -2.55. The lowest BCUT2D eigenvalue weighted by molar-refractivity contribution is -0.183. The number of carboxylic acids is 1. The van der Waals surface area contributed by atoms with E-state index >= 15 is 0 Å². The van der Waals surface area contributed by atoms with Gasteiger partial charge in [-0.2, -0.15) is 13.2 Å². The number of hydrogen-bond acceptors (Lipinski definition) is 2. The molecule has 0 radical (unpaired) electrons. The van der Waals surface area contributed by atoms with Gasteiger partial charge in [-0.1, -0.05) is 0 Å². The number of nitrogens with zero attached hydrogens (tertiary/aromatic N) is 2. The van der Waals surface area contributed by atoms with E-state index in [1.807, 2.05) is 0 Å². The Morgan fingerprint density at radius 2 is 1.62 bits per heavy atom. The number of urea groups is 1. The van der Waals surface area contributed by atoms with E-state index in [0.717, 1.165) is 12.8 Å². The molecule has 0 saturated carbocycles. The van der Waals surface area contributed by atoms with Crippen LogP contribution < -0.4 is 0 Å². The van der Waals surface area contributed by atoms with E-state index in [0.29, 0.717) is 13.0 Å². The SMILES string of the molecule is O=C(O)C1CCCCN1C(=O)N1CCC(C(F)(F)F)CC1. The fourth-order valence-corrected chi connectivity index (χ4v) is 3.00. The molecule has 2 saturated heterocycles. The van der Waals surface area contributed by atoms with Crippen molar-refractivity contribution in [1.82, 2.24) is 9.80 Å². The average Bonchev–Trinajstić information content (AvgIpc) is 2.45. The minimum Gasteiger partial charge on any atom is -0.480 e. The second kappa shape index (κ2) is 6.11. The Morgan fingerprint density at radius 1 is 1.00 bits per heavy atom. The number of hydrogen-bond donors (Lipinski definition) is 1. The molecule has 1 N–H and O–H groups in total. The highest BCUT2D eigenvalue weighted by Gasteiger charge is 2.43. The Hall–Kier alpha value is -1.47. The highest BCUT2D eigenvalue weighted by Crippen LogP contribution is 2.34. The van der Waals surface area contributed by atoms with Gasteiger partial charge in [0.2, 0.25) is 0 Å². The third-order valence-corrected chi connectivity index (χ3v) is 4.26. The van der Waals surface area contributed by atoms with Gasteiger partial charge in [0.15, 0.2) is 0 Å². The molecule has 0 aromatic rings. The third kappa shape index (κ3) is 3.59. The normalized spacial score (nSPS) is 25.0. The van der Waals surface area contributed by atoms with Gasteiger partial charge in [-0.15, -0.1) is 0 Å². The van der Waals surface area contributed by atoms with Crippen molar-refractivity contribution in [3.63, 3.8) is 0 Å². The summed E-state index contributed by atoms with van der Waals surface area (Å²) < 4.78 is 37.8. The Labute approximate surface area is 120 Å². The minimum absolute atomic E-state index is 0.0336. The number of carbonyl (C=O) groups excluding carboxylic acids is 1. The first-order valence-corrected chi connectivity index (χ1v) is 7.15. The second-order valence-electron chi connectivity index (χ2n) is 5.63. The number of amides is 2. The summed E-state index contributed by atoms with van der Waals surface area (Å²) in [6.45, 7) is 0.423. The first-order chi connectivity index (χ1) is 9.80. The van der Waals surface area contributed by atoms with Crippen molar-refractivity contribution in [2.75, 3.05) is 19.6 Å². The molecule has 2 fully saturated rings. The molecule has 2 amide bonds. The predicted octanol–water partition coefficient (Wildman–Crippen LogP) is 2.32. The van der Waals surface area contributed by atoms with Gasteiger partial charge < -0.3 is 14.9 Å². The van der Waals surface area contributed by atoms with Gasteiger partial charge >= 0.3 is 18.2 Å². The van der Waals surface area contributed by atoms with Crippen molar-refractivity contribution in [2.24, 2.45) is 5.92 Å². The number of carboxylic acid groups (broad SMARTS) is 1. The van der Waals surface area contributed by atoms with E-state index in [9.17, 15) is 22.8 Å². The Kier molecular flexibility index (Phi) is 4.63. The van der Waals surface area contributed by atoms with Crippen LogP contribution in [0.15, 0.2) is 0 Å². The second-order valence-corrected chi connectivity index (χ2v) is 5.63. The monoisotopic (exact) mass is 308 g/mol. The first kappa shape index (κ1) is 15.9. The smallest absolute Gasteiger partial charge is 0.391 e. The number of carbonyl (C=O) groups is 2.